The van der Waals surface area contributed by atoms with E-state index in [9.17, 15) is 14.4 Å². The third kappa shape index (κ3) is 3.20. The second-order valence-electron chi connectivity index (χ2n) is 5.32. The Morgan fingerprint density at radius 2 is 2.04 bits per heavy atom. The van der Waals surface area contributed by atoms with Gasteiger partial charge < -0.3 is 10.2 Å². The molecule has 1 aliphatic rings. The van der Waals surface area contributed by atoms with Gasteiger partial charge in [0.1, 0.15) is 17.1 Å². The number of aryl methyl sites for hydroxylation is 1. The molecule has 3 rings (SSSR count). The predicted molar refractivity (Wildman–Crippen MR) is 94.6 cm³/mol. The highest BCUT2D eigenvalue weighted by molar-refractivity contribution is 7.80. The van der Waals surface area contributed by atoms with Crippen LogP contribution in [0.2, 0.25) is 0 Å². The van der Waals surface area contributed by atoms with E-state index in [1.54, 1.807) is 31.2 Å². The number of carbonyl (C=O) groups is 3. The molecule has 0 aliphatic carbocycles. The highest BCUT2D eigenvalue weighted by Crippen LogP contribution is 2.23. The maximum absolute atomic E-state index is 12.8. The van der Waals surface area contributed by atoms with Gasteiger partial charge in [-0.25, -0.2) is 0 Å². The van der Waals surface area contributed by atoms with E-state index in [2.05, 4.69) is 5.32 Å². The van der Waals surface area contributed by atoms with E-state index < -0.39 is 17.7 Å². The SMILES string of the molecule is Cc1ccc(C=C2C(=O)NC(=S)N(c3cccc(C(N)=O)c3)C2=O)o1. The zero-order valence-corrected chi connectivity index (χ0v) is 13.9. The number of nitrogens with two attached hydrogens (primary N) is 1. The fourth-order valence-electron chi connectivity index (χ4n) is 2.36. The van der Waals surface area contributed by atoms with Crippen LogP contribution in [0.15, 0.2) is 46.4 Å². The molecule has 7 nitrogen and oxygen atoms in total. The van der Waals surface area contributed by atoms with Crippen LogP contribution in [-0.2, 0) is 9.59 Å². The lowest BCUT2D eigenvalue weighted by molar-refractivity contribution is -0.122. The normalized spacial score (nSPS) is 16.3. The van der Waals surface area contributed by atoms with Gasteiger partial charge in [0.05, 0.1) is 5.69 Å². The van der Waals surface area contributed by atoms with Crippen molar-refractivity contribution in [3.63, 3.8) is 0 Å². The molecule has 0 radical (unpaired) electrons. The third-order valence-corrected chi connectivity index (χ3v) is 3.82. The highest BCUT2D eigenvalue weighted by atomic mass is 32.1. The van der Waals surface area contributed by atoms with Crippen LogP contribution in [0, 0.1) is 6.92 Å². The molecule has 8 heteroatoms. The number of furan rings is 1. The lowest BCUT2D eigenvalue weighted by atomic mass is 10.1. The molecule has 1 aliphatic heterocycles. The maximum Gasteiger partial charge on any atom is 0.270 e. The van der Waals surface area contributed by atoms with Gasteiger partial charge in [-0.15, -0.1) is 0 Å². The number of amides is 3. The predicted octanol–water partition coefficient (Wildman–Crippen LogP) is 1.52. The molecule has 1 saturated heterocycles. The standard InChI is InChI=1S/C17H13N3O4S/c1-9-5-6-12(24-9)8-13-15(22)19-17(25)20(16(13)23)11-4-2-3-10(7-11)14(18)21/h2-8H,1H3,(H2,18,21)(H,19,22,25). The molecule has 0 saturated carbocycles. The van der Waals surface area contributed by atoms with Crippen molar-refractivity contribution in [1.29, 1.82) is 0 Å². The average molecular weight is 355 g/mol. The van der Waals surface area contributed by atoms with Crippen LogP contribution < -0.4 is 16.0 Å². The largest absolute Gasteiger partial charge is 0.462 e. The van der Waals surface area contributed by atoms with Gasteiger partial charge in [0.25, 0.3) is 11.8 Å². The van der Waals surface area contributed by atoms with Gasteiger partial charge in [-0.05, 0) is 55.5 Å². The van der Waals surface area contributed by atoms with Gasteiger partial charge in [0, 0.05) is 5.56 Å². The van der Waals surface area contributed by atoms with E-state index in [0.717, 1.165) is 4.90 Å². The van der Waals surface area contributed by atoms with E-state index in [4.69, 9.17) is 22.4 Å². The van der Waals surface area contributed by atoms with Crippen molar-refractivity contribution in [3.05, 3.63) is 59.1 Å². The summed E-state index contributed by atoms with van der Waals surface area (Å²) in [6, 6.07) is 9.47. The first-order valence-corrected chi connectivity index (χ1v) is 7.65. The van der Waals surface area contributed by atoms with Gasteiger partial charge in [0.15, 0.2) is 5.11 Å². The van der Waals surface area contributed by atoms with Gasteiger partial charge in [-0.3, -0.25) is 24.6 Å². The molecule has 3 N–H and O–H groups in total. The first-order valence-electron chi connectivity index (χ1n) is 7.24. The molecule has 0 atom stereocenters. The van der Waals surface area contributed by atoms with Gasteiger partial charge in [-0.2, -0.15) is 0 Å². The molecule has 1 aromatic heterocycles. The monoisotopic (exact) mass is 355 g/mol. The van der Waals surface area contributed by atoms with Crippen molar-refractivity contribution < 1.29 is 18.8 Å². The molecular weight excluding hydrogens is 342 g/mol. The molecule has 126 valence electrons. The topological polar surface area (TPSA) is 106 Å². The number of hydrogen-bond acceptors (Lipinski definition) is 5. The van der Waals surface area contributed by atoms with E-state index in [1.165, 1.54) is 18.2 Å². The molecule has 0 spiro atoms. The van der Waals surface area contributed by atoms with Gasteiger partial charge >= 0.3 is 0 Å². The van der Waals surface area contributed by atoms with Crippen LogP contribution in [0.5, 0.6) is 0 Å². The van der Waals surface area contributed by atoms with Crippen molar-refractivity contribution in [1.82, 2.24) is 5.32 Å². The van der Waals surface area contributed by atoms with Crippen LogP contribution in [0.1, 0.15) is 21.9 Å². The Labute approximate surface area is 148 Å². The average Bonchev–Trinajstić information content (AvgIpc) is 2.97. The molecule has 0 unspecified atom stereocenters. The molecule has 2 aromatic rings. The number of anilines is 1. The molecule has 3 amide bonds. The second-order valence-corrected chi connectivity index (χ2v) is 5.71. The van der Waals surface area contributed by atoms with E-state index in [1.807, 2.05) is 0 Å². The van der Waals surface area contributed by atoms with Crippen molar-refractivity contribution in [3.8, 4) is 0 Å². The van der Waals surface area contributed by atoms with E-state index in [0.29, 0.717) is 17.2 Å². The Balaban J connectivity index is 2.02. The molecule has 0 bridgehead atoms. The van der Waals surface area contributed by atoms with Crippen LogP contribution in [0.25, 0.3) is 6.08 Å². The fourth-order valence-corrected chi connectivity index (χ4v) is 2.64. The summed E-state index contributed by atoms with van der Waals surface area (Å²) in [6.07, 6.45) is 1.34. The number of carbonyl (C=O) groups excluding carboxylic acids is 3. The minimum absolute atomic E-state index is 0.0793. The van der Waals surface area contributed by atoms with Gasteiger partial charge in [-0.1, -0.05) is 6.07 Å². The quantitative estimate of drug-likeness (QED) is 0.493. The maximum atomic E-state index is 12.8. The first-order chi connectivity index (χ1) is 11.9. The Kier molecular flexibility index (Phi) is 4.20. The number of nitrogens with zero attached hydrogens (tertiary/aromatic N) is 1. The smallest absolute Gasteiger partial charge is 0.270 e. The minimum Gasteiger partial charge on any atom is -0.462 e. The van der Waals surface area contributed by atoms with Crippen LogP contribution >= 0.6 is 12.2 Å². The molecule has 2 heterocycles. The van der Waals surface area contributed by atoms with Crippen molar-refractivity contribution in [2.45, 2.75) is 6.92 Å². The lowest BCUT2D eigenvalue weighted by Crippen LogP contribution is -2.54. The first kappa shape index (κ1) is 16.6. The van der Waals surface area contributed by atoms with E-state index >= 15 is 0 Å². The number of benzene rings is 1. The fraction of sp³-hybridized carbons (Fsp3) is 0.0588. The number of rotatable bonds is 3. The minimum atomic E-state index is -0.636. The molecule has 1 aromatic carbocycles. The summed E-state index contributed by atoms with van der Waals surface area (Å²) < 4.78 is 5.38. The van der Waals surface area contributed by atoms with Crippen molar-refractivity contribution in [2.24, 2.45) is 5.73 Å². The number of primary amides is 1. The van der Waals surface area contributed by atoms with Gasteiger partial charge in [0.2, 0.25) is 5.91 Å². The number of nitrogens with one attached hydrogen (secondary N) is 1. The zero-order chi connectivity index (χ0) is 18.1. The summed E-state index contributed by atoms with van der Waals surface area (Å²) in [5.74, 6) is -0.856. The molecule has 1 fully saturated rings. The number of thiocarbonyl (C=S) groups is 1. The van der Waals surface area contributed by atoms with Crippen LogP contribution in [0.3, 0.4) is 0 Å². The van der Waals surface area contributed by atoms with Crippen molar-refractivity contribution >= 4 is 46.8 Å². The molecular formula is C17H13N3O4S. The Morgan fingerprint density at radius 3 is 2.68 bits per heavy atom. The second kappa shape index (κ2) is 6.33. The van der Waals surface area contributed by atoms with Crippen molar-refractivity contribution in [2.75, 3.05) is 4.90 Å². The van der Waals surface area contributed by atoms with Crippen LogP contribution in [-0.4, -0.2) is 22.8 Å². The summed E-state index contributed by atoms with van der Waals surface area (Å²) in [5, 5.41) is 2.38. The Hall–Kier alpha value is -3.26. The summed E-state index contributed by atoms with van der Waals surface area (Å²) in [5.41, 5.74) is 5.68. The summed E-state index contributed by atoms with van der Waals surface area (Å²) in [4.78, 5) is 37.4. The third-order valence-electron chi connectivity index (χ3n) is 3.54. The summed E-state index contributed by atoms with van der Waals surface area (Å²) in [7, 11) is 0. The molecule has 25 heavy (non-hydrogen) atoms. The zero-order valence-electron chi connectivity index (χ0n) is 13.1. The summed E-state index contributed by atoms with van der Waals surface area (Å²) >= 11 is 5.10. The van der Waals surface area contributed by atoms with Crippen LogP contribution in [0.4, 0.5) is 5.69 Å². The highest BCUT2D eigenvalue weighted by Gasteiger charge is 2.34. The van der Waals surface area contributed by atoms with E-state index in [-0.39, 0.29) is 16.2 Å². The lowest BCUT2D eigenvalue weighted by Gasteiger charge is -2.28. The summed E-state index contributed by atoms with van der Waals surface area (Å²) in [6.45, 7) is 1.75. The Morgan fingerprint density at radius 1 is 1.28 bits per heavy atom. The Bertz CT molecular complexity index is 945. The number of hydrogen-bond donors (Lipinski definition) is 2.